The van der Waals surface area contributed by atoms with Crippen LogP contribution in [0.3, 0.4) is 0 Å². The maximum Gasteiger partial charge on any atom is 0.0906 e. The van der Waals surface area contributed by atoms with Gasteiger partial charge in [-0.15, -0.1) is 0 Å². The number of hydrogen-bond acceptors (Lipinski definition) is 2. The molecule has 1 heterocycles. The summed E-state index contributed by atoms with van der Waals surface area (Å²) < 4.78 is 12.0. The van der Waals surface area contributed by atoms with E-state index in [-0.39, 0.29) is 6.67 Å². The number of piperazine rings is 1. The van der Waals surface area contributed by atoms with Crippen LogP contribution < -0.4 is 5.32 Å². The number of nitrogens with one attached hydrogen (secondary N) is 1. The molecule has 1 fully saturated rings. The molecule has 2 nitrogen and oxygen atoms in total. The molecule has 0 radical (unpaired) electrons. The molecule has 0 aromatic heterocycles. The predicted molar refractivity (Wildman–Crippen MR) is 58.3 cm³/mol. The van der Waals surface area contributed by atoms with E-state index in [0.29, 0.717) is 12.5 Å². The Hall–Kier alpha value is -0.150. The SMILES string of the molecule is CC(C)CC1CN(CCCF)CCN1. The van der Waals surface area contributed by atoms with Gasteiger partial charge in [-0.3, -0.25) is 4.39 Å². The maximum absolute atomic E-state index is 12.0. The van der Waals surface area contributed by atoms with Gasteiger partial charge >= 0.3 is 0 Å². The minimum atomic E-state index is -0.182. The average molecular weight is 202 g/mol. The van der Waals surface area contributed by atoms with E-state index in [0.717, 1.165) is 32.1 Å². The van der Waals surface area contributed by atoms with E-state index < -0.39 is 0 Å². The van der Waals surface area contributed by atoms with Crippen LogP contribution in [0, 0.1) is 5.92 Å². The molecule has 0 aromatic carbocycles. The summed E-state index contributed by atoms with van der Waals surface area (Å²) in [5.74, 6) is 0.744. The summed E-state index contributed by atoms with van der Waals surface area (Å²) in [6, 6.07) is 0.614. The zero-order valence-corrected chi connectivity index (χ0v) is 9.43. The fraction of sp³-hybridized carbons (Fsp3) is 1.00. The molecular weight excluding hydrogens is 179 g/mol. The monoisotopic (exact) mass is 202 g/mol. The minimum Gasteiger partial charge on any atom is -0.311 e. The van der Waals surface area contributed by atoms with Gasteiger partial charge in [0.2, 0.25) is 0 Å². The van der Waals surface area contributed by atoms with E-state index in [1.54, 1.807) is 0 Å². The van der Waals surface area contributed by atoms with Crippen LogP contribution in [0.2, 0.25) is 0 Å². The van der Waals surface area contributed by atoms with Crippen molar-refractivity contribution < 1.29 is 4.39 Å². The van der Waals surface area contributed by atoms with Crippen LogP contribution in [-0.4, -0.2) is 43.8 Å². The largest absolute Gasteiger partial charge is 0.311 e. The van der Waals surface area contributed by atoms with E-state index in [1.165, 1.54) is 6.42 Å². The van der Waals surface area contributed by atoms with Gasteiger partial charge in [-0.25, -0.2) is 0 Å². The maximum atomic E-state index is 12.0. The lowest BCUT2D eigenvalue weighted by molar-refractivity contribution is 0.180. The third-order valence-electron chi connectivity index (χ3n) is 2.70. The number of halogens is 1. The van der Waals surface area contributed by atoms with E-state index in [9.17, 15) is 4.39 Å². The van der Waals surface area contributed by atoms with Crippen molar-refractivity contribution in [2.45, 2.75) is 32.7 Å². The third-order valence-corrected chi connectivity index (χ3v) is 2.70. The first-order chi connectivity index (χ1) is 6.72. The molecule has 1 aliphatic rings. The van der Waals surface area contributed by atoms with Gasteiger partial charge in [0.1, 0.15) is 0 Å². The predicted octanol–water partition coefficient (Wildman–Crippen LogP) is 1.67. The highest BCUT2D eigenvalue weighted by Crippen LogP contribution is 2.09. The summed E-state index contributed by atoms with van der Waals surface area (Å²) in [7, 11) is 0. The second kappa shape index (κ2) is 6.36. The van der Waals surface area contributed by atoms with E-state index in [2.05, 4.69) is 24.1 Å². The minimum absolute atomic E-state index is 0.182. The van der Waals surface area contributed by atoms with Crippen molar-refractivity contribution in [3.8, 4) is 0 Å². The molecule has 1 saturated heterocycles. The Balaban J connectivity index is 2.21. The first-order valence-corrected chi connectivity index (χ1v) is 5.74. The molecule has 0 saturated carbocycles. The van der Waals surface area contributed by atoms with Crippen molar-refractivity contribution in [3.63, 3.8) is 0 Å². The molecule has 3 heteroatoms. The number of nitrogens with zero attached hydrogens (tertiary/aromatic N) is 1. The van der Waals surface area contributed by atoms with Crippen LogP contribution in [0.4, 0.5) is 4.39 Å². The highest BCUT2D eigenvalue weighted by atomic mass is 19.1. The zero-order valence-electron chi connectivity index (χ0n) is 9.43. The molecule has 0 aromatic rings. The Bertz CT molecular complexity index is 150. The van der Waals surface area contributed by atoms with Crippen LogP contribution in [-0.2, 0) is 0 Å². The molecule has 1 aliphatic heterocycles. The molecule has 1 N–H and O–H groups in total. The number of alkyl halides is 1. The van der Waals surface area contributed by atoms with Crippen molar-refractivity contribution in [1.29, 1.82) is 0 Å². The summed E-state index contributed by atoms with van der Waals surface area (Å²) in [6.07, 6.45) is 1.92. The Morgan fingerprint density at radius 1 is 1.50 bits per heavy atom. The van der Waals surface area contributed by atoms with Crippen LogP contribution in [0.15, 0.2) is 0 Å². The summed E-state index contributed by atoms with van der Waals surface area (Å²) in [4.78, 5) is 2.38. The number of rotatable bonds is 5. The van der Waals surface area contributed by atoms with Crippen molar-refractivity contribution in [2.24, 2.45) is 5.92 Å². The molecule has 0 bridgehead atoms. The summed E-state index contributed by atoms with van der Waals surface area (Å²) in [6.45, 7) is 8.48. The average Bonchev–Trinajstić information content (AvgIpc) is 2.14. The fourth-order valence-corrected chi connectivity index (χ4v) is 2.11. The lowest BCUT2D eigenvalue weighted by Crippen LogP contribution is -2.51. The van der Waals surface area contributed by atoms with Crippen LogP contribution >= 0.6 is 0 Å². The Morgan fingerprint density at radius 3 is 2.93 bits per heavy atom. The Labute approximate surface area is 86.9 Å². The molecule has 1 rings (SSSR count). The third kappa shape index (κ3) is 4.38. The van der Waals surface area contributed by atoms with Gasteiger partial charge in [-0.1, -0.05) is 13.8 Å². The molecule has 0 spiro atoms. The van der Waals surface area contributed by atoms with Gasteiger partial charge in [0.15, 0.2) is 0 Å². The van der Waals surface area contributed by atoms with Crippen LogP contribution in [0.5, 0.6) is 0 Å². The molecule has 14 heavy (non-hydrogen) atoms. The van der Waals surface area contributed by atoms with Crippen molar-refractivity contribution in [3.05, 3.63) is 0 Å². The first kappa shape index (κ1) is 11.9. The summed E-state index contributed by atoms with van der Waals surface area (Å²) in [5, 5.41) is 3.52. The lowest BCUT2D eigenvalue weighted by atomic mass is 10.0. The van der Waals surface area contributed by atoms with Crippen LogP contribution in [0.1, 0.15) is 26.7 Å². The Morgan fingerprint density at radius 2 is 2.29 bits per heavy atom. The van der Waals surface area contributed by atoms with E-state index in [4.69, 9.17) is 0 Å². The van der Waals surface area contributed by atoms with Gasteiger partial charge < -0.3 is 10.2 Å². The van der Waals surface area contributed by atoms with Crippen LogP contribution in [0.25, 0.3) is 0 Å². The summed E-state index contributed by atoms with van der Waals surface area (Å²) >= 11 is 0. The molecule has 1 unspecified atom stereocenters. The smallest absolute Gasteiger partial charge is 0.0906 e. The second-order valence-corrected chi connectivity index (χ2v) is 4.62. The molecule has 84 valence electrons. The quantitative estimate of drug-likeness (QED) is 0.729. The molecule has 1 atom stereocenters. The van der Waals surface area contributed by atoms with Crippen molar-refractivity contribution in [2.75, 3.05) is 32.9 Å². The first-order valence-electron chi connectivity index (χ1n) is 5.74. The van der Waals surface area contributed by atoms with Gasteiger partial charge in [0.05, 0.1) is 6.67 Å². The number of hydrogen-bond donors (Lipinski definition) is 1. The topological polar surface area (TPSA) is 15.3 Å². The van der Waals surface area contributed by atoms with Gasteiger partial charge in [-0.2, -0.15) is 0 Å². The fourth-order valence-electron chi connectivity index (χ4n) is 2.11. The molecule has 0 aliphatic carbocycles. The zero-order chi connectivity index (χ0) is 10.4. The molecule has 0 amide bonds. The lowest BCUT2D eigenvalue weighted by Gasteiger charge is -2.34. The van der Waals surface area contributed by atoms with Crippen molar-refractivity contribution >= 4 is 0 Å². The highest BCUT2D eigenvalue weighted by Gasteiger charge is 2.19. The van der Waals surface area contributed by atoms with Gasteiger partial charge in [0, 0.05) is 32.2 Å². The van der Waals surface area contributed by atoms with E-state index in [1.807, 2.05) is 0 Å². The normalized spacial score (nSPS) is 24.4. The van der Waals surface area contributed by atoms with Gasteiger partial charge in [0.25, 0.3) is 0 Å². The second-order valence-electron chi connectivity index (χ2n) is 4.62. The Kier molecular flexibility index (Phi) is 5.41. The van der Waals surface area contributed by atoms with E-state index >= 15 is 0 Å². The van der Waals surface area contributed by atoms with Gasteiger partial charge in [-0.05, 0) is 18.8 Å². The molecular formula is C11H23FN2. The standard InChI is InChI=1S/C11H23FN2/c1-10(2)8-11-9-14(6-3-4-12)7-5-13-11/h10-11,13H,3-9H2,1-2H3. The highest BCUT2D eigenvalue weighted by molar-refractivity contribution is 4.79. The van der Waals surface area contributed by atoms with Crippen molar-refractivity contribution in [1.82, 2.24) is 10.2 Å². The summed E-state index contributed by atoms with van der Waals surface area (Å²) in [5.41, 5.74) is 0.